The van der Waals surface area contributed by atoms with Gasteiger partial charge in [-0.2, -0.15) is 0 Å². The van der Waals surface area contributed by atoms with E-state index in [1.54, 1.807) is 6.07 Å². The molecule has 0 aliphatic carbocycles. The summed E-state index contributed by atoms with van der Waals surface area (Å²) in [6.45, 7) is 5.99. The van der Waals surface area contributed by atoms with Crippen LogP contribution in [-0.2, 0) is 6.54 Å². The molecule has 15 heavy (non-hydrogen) atoms. The van der Waals surface area contributed by atoms with Crippen LogP contribution in [0.3, 0.4) is 0 Å². The number of phenols is 1. The van der Waals surface area contributed by atoms with Crippen molar-refractivity contribution in [3.05, 3.63) is 28.8 Å². The van der Waals surface area contributed by atoms with Crippen molar-refractivity contribution >= 4 is 11.6 Å². The van der Waals surface area contributed by atoms with Crippen LogP contribution < -0.4 is 5.32 Å². The van der Waals surface area contributed by atoms with Crippen molar-refractivity contribution in [2.75, 3.05) is 6.54 Å². The molecule has 0 spiro atoms. The van der Waals surface area contributed by atoms with E-state index >= 15 is 0 Å². The minimum atomic E-state index is 0.191. The Morgan fingerprint density at radius 1 is 1.47 bits per heavy atom. The molecule has 1 rings (SSSR count). The van der Waals surface area contributed by atoms with Gasteiger partial charge >= 0.3 is 0 Å². The van der Waals surface area contributed by atoms with Crippen LogP contribution in [0.15, 0.2) is 18.2 Å². The van der Waals surface area contributed by atoms with Crippen LogP contribution in [0.5, 0.6) is 5.75 Å². The number of halogens is 1. The van der Waals surface area contributed by atoms with Crippen LogP contribution in [0, 0.1) is 5.92 Å². The molecule has 84 valence electrons. The summed E-state index contributed by atoms with van der Waals surface area (Å²) >= 11 is 5.80. The maximum Gasteiger partial charge on any atom is 0.138 e. The van der Waals surface area contributed by atoms with Gasteiger partial charge in [-0.15, -0.1) is 0 Å². The van der Waals surface area contributed by atoms with E-state index in [1.165, 1.54) is 0 Å². The molecule has 0 aliphatic heterocycles. The maximum absolute atomic E-state index is 9.65. The highest BCUT2D eigenvalue weighted by atomic mass is 35.5. The molecule has 2 nitrogen and oxygen atoms in total. The fraction of sp³-hybridized carbons (Fsp3) is 0.500. The number of para-hydroxylation sites is 1. The molecule has 0 amide bonds. The largest absolute Gasteiger partial charge is 0.506 e. The second kappa shape index (κ2) is 5.99. The number of phenolic OH excluding ortho intramolecular Hbond substituents is 1. The molecule has 0 radical (unpaired) electrons. The van der Waals surface area contributed by atoms with Crippen molar-refractivity contribution < 1.29 is 5.11 Å². The van der Waals surface area contributed by atoms with Crippen LogP contribution in [0.4, 0.5) is 0 Å². The molecule has 0 heterocycles. The van der Waals surface area contributed by atoms with E-state index in [9.17, 15) is 5.11 Å². The SMILES string of the molecule is CCC(C)CNCc1cccc(Cl)c1O. The maximum atomic E-state index is 9.65. The number of benzene rings is 1. The molecule has 0 bridgehead atoms. The second-order valence-electron chi connectivity index (χ2n) is 3.89. The predicted octanol–water partition coefficient (Wildman–Crippen LogP) is 3.18. The minimum Gasteiger partial charge on any atom is -0.506 e. The van der Waals surface area contributed by atoms with Crippen molar-refractivity contribution in [2.24, 2.45) is 5.92 Å². The third-order valence-electron chi connectivity index (χ3n) is 2.58. The van der Waals surface area contributed by atoms with Crippen molar-refractivity contribution in [1.82, 2.24) is 5.32 Å². The van der Waals surface area contributed by atoms with Crippen LogP contribution in [0.25, 0.3) is 0 Å². The summed E-state index contributed by atoms with van der Waals surface area (Å²) in [5.74, 6) is 0.849. The van der Waals surface area contributed by atoms with E-state index in [4.69, 9.17) is 11.6 Å². The van der Waals surface area contributed by atoms with Crippen molar-refractivity contribution in [1.29, 1.82) is 0 Å². The highest BCUT2D eigenvalue weighted by Crippen LogP contribution is 2.26. The normalized spacial score (nSPS) is 12.7. The zero-order valence-corrected chi connectivity index (χ0v) is 10.0. The van der Waals surface area contributed by atoms with Gasteiger partial charge in [0.05, 0.1) is 5.02 Å². The number of hydrogen-bond donors (Lipinski definition) is 2. The van der Waals surface area contributed by atoms with Gasteiger partial charge in [0.15, 0.2) is 0 Å². The summed E-state index contributed by atoms with van der Waals surface area (Å²) in [6.07, 6.45) is 1.16. The first-order valence-electron chi connectivity index (χ1n) is 5.32. The van der Waals surface area contributed by atoms with Gasteiger partial charge in [0.1, 0.15) is 5.75 Å². The topological polar surface area (TPSA) is 32.3 Å². The summed E-state index contributed by atoms with van der Waals surface area (Å²) in [4.78, 5) is 0. The smallest absolute Gasteiger partial charge is 0.138 e. The summed E-state index contributed by atoms with van der Waals surface area (Å²) in [7, 11) is 0. The fourth-order valence-electron chi connectivity index (χ4n) is 1.30. The first-order chi connectivity index (χ1) is 7.15. The lowest BCUT2D eigenvalue weighted by Gasteiger charge is -2.11. The molecule has 0 saturated heterocycles. The van der Waals surface area contributed by atoms with E-state index in [0.29, 0.717) is 17.5 Å². The number of rotatable bonds is 5. The second-order valence-corrected chi connectivity index (χ2v) is 4.30. The molecule has 0 aromatic heterocycles. The zero-order chi connectivity index (χ0) is 11.3. The third kappa shape index (κ3) is 3.73. The monoisotopic (exact) mass is 227 g/mol. The first kappa shape index (κ1) is 12.3. The van der Waals surface area contributed by atoms with E-state index in [2.05, 4.69) is 19.2 Å². The van der Waals surface area contributed by atoms with Crippen LogP contribution in [0.1, 0.15) is 25.8 Å². The van der Waals surface area contributed by atoms with E-state index in [1.807, 2.05) is 12.1 Å². The molecule has 3 heteroatoms. The van der Waals surface area contributed by atoms with Crippen LogP contribution >= 0.6 is 11.6 Å². The van der Waals surface area contributed by atoms with E-state index in [-0.39, 0.29) is 5.75 Å². The molecule has 1 aromatic carbocycles. The van der Waals surface area contributed by atoms with Gasteiger partial charge in [0, 0.05) is 12.1 Å². The molecule has 0 fully saturated rings. The number of nitrogens with one attached hydrogen (secondary N) is 1. The molecular weight excluding hydrogens is 210 g/mol. The van der Waals surface area contributed by atoms with Gasteiger partial charge in [-0.1, -0.05) is 44.0 Å². The third-order valence-corrected chi connectivity index (χ3v) is 2.88. The van der Waals surface area contributed by atoms with Crippen LogP contribution in [-0.4, -0.2) is 11.7 Å². The standard InChI is InChI=1S/C12H18ClNO/c1-3-9(2)7-14-8-10-5-4-6-11(13)12(10)15/h4-6,9,14-15H,3,7-8H2,1-2H3. The highest BCUT2D eigenvalue weighted by Gasteiger charge is 2.05. The Kier molecular flexibility index (Phi) is 4.92. The van der Waals surface area contributed by atoms with E-state index < -0.39 is 0 Å². The van der Waals surface area contributed by atoms with Crippen molar-refractivity contribution in [2.45, 2.75) is 26.8 Å². The Morgan fingerprint density at radius 3 is 2.87 bits per heavy atom. The molecule has 1 aromatic rings. The lowest BCUT2D eigenvalue weighted by atomic mass is 10.1. The van der Waals surface area contributed by atoms with Crippen molar-refractivity contribution in [3.63, 3.8) is 0 Å². The van der Waals surface area contributed by atoms with Gasteiger partial charge in [0.25, 0.3) is 0 Å². The first-order valence-corrected chi connectivity index (χ1v) is 5.70. The van der Waals surface area contributed by atoms with Gasteiger partial charge in [-0.25, -0.2) is 0 Å². The lowest BCUT2D eigenvalue weighted by Crippen LogP contribution is -2.20. The quantitative estimate of drug-likeness (QED) is 0.810. The average Bonchev–Trinajstić information content (AvgIpc) is 2.24. The predicted molar refractivity (Wildman–Crippen MR) is 64.3 cm³/mol. The molecular formula is C12H18ClNO. The Morgan fingerprint density at radius 2 is 2.20 bits per heavy atom. The highest BCUT2D eigenvalue weighted by molar-refractivity contribution is 6.32. The van der Waals surface area contributed by atoms with Gasteiger partial charge < -0.3 is 10.4 Å². The Balaban J connectivity index is 2.47. The molecule has 2 N–H and O–H groups in total. The van der Waals surface area contributed by atoms with Gasteiger partial charge in [0.2, 0.25) is 0 Å². The lowest BCUT2D eigenvalue weighted by molar-refractivity contribution is 0.456. The Bertz CT molecular complexity index is 314. The number of aromatic hydroxyl groups is 1. The molecule has 0 aliphatic rings. The summed E-state index contributed by atoms with van der Waals surface area (Å²) in [5, 5.41) is 13.4. The van der Waals surface area contributed by atoms with E-state index in [0.717, 1.165) is 18.5 Å². The molecule has 1 atom stereocenters. The zero-order valence-electron chi connectivity index (χ0n) is 9.26. The summed E-state index contributed by atoms with van der Waals surface area (Å²) in [6, 6.07) is 5.42. The molecule has 0 saturated carbocycles. The average molecular weight is 228 g/mol. The van der Waals surface area contributed by atoms with Crippen LogP contribution in [0.2, 0.25) is 5.02 Å². The summed E-state index contributed by atoms with van der Waals surface area (Å²) < 4.78 is 0. The Hall–Kier alpha value is -0.730. The number of hydrogen-bond acceptors (Lipinski definition) is 2. The van der Waals surface area contributed by atoms with Gasteiger partial charge in [-0.3, -0.25) is 0 Å². The van der Waals surface area contributed by atoms with Gasteiger partial charge in [-0.05, 0) is 18.5 Å². The minimum absolute atomic E-state index is 0.191. The van der Waals surface area contributed by atoms with Crippen molar-refractivity contribution in [3.8, 4) is 5.75 Å². The molecule has 1 unspecified atom stereocenters. The Labute approximate surface area is 96.3 Å². The fourth-order valence-corrected chi connectivity index (χ4v) is 1.49. The summed E-state index contributed by atoms with van der Waals surface area (Å²) in [5.41, 5.74) is 0.853.